The number of rotatable bonds is 5. The molecule has 2 aliphatic rings. The van der Waals surface area contributed by atoms with Gasteiger partial charge in [-0.3, -0.25) is 9.58 Å². The lowest BCUT2D eigenvalue weighted by atomic mass is 9.58. The van der Waals surface area contributed by atoms with Crippen LogP contribution < -0.4 is 0 Å². The quantitative estimate of drug-likeness (QED) is 0.900. The molecule has 1 saturated carbocycles. The molecule has 2 fully saturated rings. The second-order valence-corrected chi connectivity index (χ2v) is 6.83. The highest BCUT2D eigenvalue weighted by Gasteiger charge is 2.55. The maximum Gasteiger partial charge on any atom is 0.0681 e. The predicted octanol–water partition coefficient (Wildman–Crippen LogP) is 1.73. The summed E-state index contributed by atoms with van der Waals surface area (Å²) in [5.41, 5.74) is 2.57. The van der Waals surface area contributed by atoms with E-state index in [-0.39, 0.29) is 17.6 Å². The van der Waals surface area contributed by atoms with Crippen LogP contribution in [0.3, 0.4) is 0 Å². The van der Waals surface area contributed by atoms with Gasteiger partial charge in [0.2, 0.25) is 0 Å². The molecule has 124 valence electrons. The largest absolute Gasteiger partial charge is 0.392 e. The number of aromatic nitrogens is 2. The van der Waals surface area contributed by atoms with Crippen LogP contribution in [0.2, 0.25) is 0 Å². The number of aliphatic hydroxyl groups is 1. The smallest absolute Gasteiger partial charge is 0.0681 e. The summed E-state index contributed by atoms with van der Waals surface area (Å²) in [6, 6.07) is 0. The van der Waals surface area contributed by atoms with Crippen LogP contribution in [0.4, 0.5) is 0 Å². The van der Waals surface area contributed by atoms with E-state index in [1.165, 1.54) is 11.3 Å². The highest BCUT2D eigenvalue weighted by molar-refractivity contribution is 5.17. The van der Waals surface area contributed by atoms with Crippen molar-refractivity contribution in [3.63, 3.8) is 0 Å². The van der Waals surface area contributed by atoms with Crippen molar-refractivity contribution in [1.29, 1.82) is 0 Å². The fourth-order valence-electron chi connectivity index (χ4n) is 4.20. The lowest BCUT2D eigenvalue weighted by Gasteiger charge is -2.56. The Morgan fingerprint density at radius 2 is 2.09 bits per heavy atom. The van der Waals surface area contributed by atoms with Gasteiger partial charge in [-0.2, -0.15) is 5.10 Å². The minimum absolute atomic E-state index is 0.0229. The third-order valence-electron chi connectivity index (χ3n) is 5.62. The molecule has 0 bridgehead atoms. The first kappa shape index (κ1) is 16.0. The highest BCUT2D eigenvalue weighted by Crippen LogP contribution is 2.51. The molecule has 0 aromatic carbocycles. The minimum atomic E-state index is -0.171. The number of piperidine rings is 1. The van der Waals surface area contributed by atoms with Gasteiger partial charge in [-0.15, -0.1) is 0 Å². The Balaban J connectivity index is 1.60. The van der Waals surface area contributed by atoms with Crippen LogP contribution in [-0.4, -0.2) is 51.7 Å². The second kappa shape index (κ2) is 6.30. The molecule has 5 nitrogen and oxygen atoms in total. The van der Waals surface area contributed by atoms with Crippen LogP contribution in [0.25, 0.3) is 0 Å². The molecule has 1 saturated heterocycles. The Labute approximate surface area is 133 Å². The minimum Gasteiger partial charge on any atom is -0.392 e. The molecular weight excluding hydrogens is 278 g/mol. The van der Waals surface area contributed by atoms with Gasteiger partial charge in [0.25, 0.3) is 0 Å². The van der Waals surface area contributed by atoms with Crippen molar-refractivity contribution >= 4 is 0 Å². The summed E-state index contributed by atoms with van der Waals surface area (Å²) in [6.45, 7) is 8.01. The standard InChI is InChI=1S/C17H29N3O2/c1-4-14-13(11-19(3)18-14)12-20-8-6-17(7-9-20)15(21)10-16(17)22-5-2/h11,15-16,21H,4-10,12H2,1-3H3. The highest BCUT2D eigenvalue weighted by atomic mass is 16.5. The lowest BCUT2D eigenvalue weighted by molar-refractivity contribution is -0.209. The molecule has 3 rings (SSSR count). The monoisotopic (exact) mass is 307 g/mol. The zero-order valence-electron chi connectivity index (χ0n) is 14.1. The van der Waals surface area contributed by atoms with E-state index in [1.54, 1.807) is 0 Å². The van der Waals surface area contributed by atoms with E-state index in [0.717, 1.165) is 51.9 Å². The van der Waals surface area contributed by atoms with Crippen molar-refractivity contribution < 1.29 is 9.84 Å². The maximum absolute atomic E-state index is 10.3. The van der Waals surface area contributed by atoms with Crippen molar-refractivity contribution in [2.24, 2.45) is 12.5 Å². The van der Waals surface area contributed by atoms with Gasteiger partial charge in [0, 0.05) is 43.8 Å². The molecular formula is C17H29N3O2. The van der Waals surface area contributed by atoms with Gasteiger partial charge in [0.05, 0.1) is 17.9 Å². The van der Waals surface area contributed by atoms with E-state index in [0.29, 0.717) is 0 Å². The van der Waals surface area contributed by atoms with Crippen LogP contribution in [0.15, 0.2) is 6.20 Å². The predicted molar refractivity (Wildman–Crippen MR) is 85.6 cm³/mol. The van der Waals surface area contributed by atoms with Crippen LogP contribution in [0.5, 0.6) is 0 Å². The fourth-order valence-corrected chi connectivity index (χ4v) is 4.20. The van der Waals surface area contributed by atoms with Gasteiger partial charge < -0.3 is 9.84 Å². The summed E-state index contributed by atoms with van der Waals surface area (Å²) < 4.78 is 7.76. The molecule has 1 N–H and O–H groups in total. The van der Waals surface area contributed by atoms with Crippen molar-refractivity contribution in [1.82, 2.24) is 14.7 Å². The molecule has 1 aromatic heterocycles. The van der Waals surface area contributed by atoms with Crippen LogP contribution in [0.1, 0.15) is 44.4 Å². The number of nitrogens with zero attached hydrogens (tertiary/aromatic N) is 3. The third kappa shape index (κ3) is 2.70. The normalized spacial score (nSPS) is 28.0. The number of aliphatic hydroxyl groups excluding tert-OH is 1. The number of hydrogen-bond donors (Lipinski definition) is 1. The van der Waals surface area contributed by atoms with E-state index >= 15 is 0 Å². The van der Waals surface area contributed by atoms with E-state index in [2.05, 4.69) is 23.1 Å². The van der Waals surface area contributed by atoms with Crippen molar-refractivity contribution in [2.45, 2.75) is 58.3 Å². The van der Waals surface area contributed by atoms with Gasteiger partial charge in [0.1, 0.15) is 0 Å². The first-order valence-corrected chi connectivity index (χ1v) is 8.62. The Kier molecular flexibility index (Phi) is 4.57. The molecule has 2 unspecified atom stereocenters. The van der Waals surface area contributed by atoms with Crippen LogP contribution in [-0.2, 0) is 24.8 Å². The average Bonchev–Trinajstić information content (AvgIpc) is 2.87. The summed E-state index contributed by atoms with van der Waals surface area (Å²) in [7, 11) is 1.99. The van der Waals surface area contributed by atoms with Gasteiger partial charge in [0.15, 0.2) is 0 Å². The summed E-state index contributed by atoms with van der Waals surface area (Å²) in [4.78, 5) is 2.50. The number of ether oxygens (including phenoxy) is 1. The first-order valence-electron chi connectivity index (χ1n) is 8.62. The van der Waals surface area contributed by atoms with Gasteiger partial charge >= 0.3 is 0 Å². The molecule has 2 atom stereocenters. The number of aryl methyl sites for hydroxylation is 2. The molecule has 1 aromatic rings. The zero-order valence-corrected chi connectivity index (χ0v) is 14.1. The van der Waals surface area contributed by atoms with Gasteiger partial charge in [-0.1, -0.05) is 6.92 Å². The molecule has 22 heavy (non-hydrogen) atoms. The first-order chi connectivity index (χ1) is 10.6. The molecule has 0 radical (unpaired) electrons. The number of hydrogen-bond acceptors (Lipinski definition) is 4. The Hall–Kier alpha value is -0.910. The topological polar surface area (TPSA) is 50.5 Å². The molecule has 5 heteroatoms. The average molecular weight is 307 g/mol. The summed E-state index contributed by atoms with van der Waals surface area (Å²) >= 11 is 0. The molecule has 1 aliphatic heterocycles. The molecule has 1 spiro atoms. The van der Waals surface area contributed by atoms with E-state index in [1.807, 2.05) is 18.7 Å². The van der Waals surface area contributed by atoms with Crippen molar-refractivity contribution in [2.75, 3.05) is 19.7 Å². The SMILES string of the molecule is CCOC1CC(O)C12CCN(Cc1cn(C)nc1CC)CC2. The number of likely N-dealkylation sites (tertiary alicyclic amines) is 1. The van der Waals surface area contributed by atoms with Crippen LogP contribution >= 0.6 is 0 Å². The van der Waals surface area contributed by atoms with Crippen molar-refractivity contribution in [3.8, 4) is 0 Å². The Morgan fingerprint density at radius 1 is 1.36 bits per heavy atom. The van der Waals surface area contributed by atoms with E-state index in [4.69, 9.17) is 4.74 Å². The zero-order chi connectivity index (χ0) is 15.7. The third-order valence-corrected chi connectivity index (χ3v) is 5.62. The van der Waals surface area contributed by atoms with Gasteiger partial charge in [-0.05, 0) is 39.3 Å². The molecule has 1 aliphatic carbocycles. The van der Waals surface area contributed by atoms with Crippen molar-refractivity contribution in [3.05, 3.63) is 17.5 Å². The molecule has 0 amide bonds. The fraction of sp³-hybridized carbons (Fsp3) is 0.824. The summed E-state index contributed by atoms with van der Waals surface area (Å²) in [5, 5.41) is 14.8. The Morgan fingerprint density at radius 3 is 2.68 bits per heavy atom. The van der Waals surface area contributed by atoms with Crippen LogP contribution in [0, 0.1) is 5.41 Å². The van der Waals surface area contributed by atoms with E-state index < -0.39 is 0 Å². The Bertz CT molecular complexity index is 504. The summed E-state index contributed by atoms with van der Waals surface area (Å²) in [5.74, 6) is 0. The summed E-state index contributed by atoms with van der Waals surface area (Å²) in [6.07, 6.45) is 6.12. The maximum atomic E-state index is 10.3. The van der Waals surface area contributed by atoms with E-state index in [9.17, 15) is 5.11 Å². The second-order valence-electron chi connectivity index (χ2n) is 6.83. The van der Waals surface area contributed by atoms with Gasteiger partial charge in [-0.25, -0.2) is 0 Å². The lowest BCUT2D eigenvalue weighted by Crippen LogP contribution is -2.62. The molecule has 2 heterocycles.